The van der Waals surface area contributed by atoms with Crippen molar-refractivity contribution >= 4 is 46.3 Å². The van der Waals surface area contributed by atoms with E-state index in [2.05, 4.69) is 0 Å². The second-order valence-corrected chi connectivity index (χ2v) is 7.48. The average molecular weight is 453 g/mol. The summed E-state index contributed by atoms with van der Waals surface area (Å²) in [5, 5.41) is 20.7. The highest BCUT2D eigenvalue weighted by Gasteiger charge is 2.35. The summed E-state index contributed by atoms with van der Waals surface area (Å²) in [6.45, 7) is 1.65. The summed E-state index contributed by atoms with van der Waals surface area (Å²) in [7, 11) is 0. The zero-order valence-electron chi connectivity index (χ0n) is 15.4. The van der Waals surface area contributed by atoms with Gasteiger partial charge in [0.05, 0.1) is 23.0 Å². The number of halogens is 2. The molecule has 0 aromatic heterocycles. The van der Waals surface area contributed by atoms with Gasteiger partial charge in [0, 0.05) is 11.1 Å². The van der Waals surface area contributed by atoms with Gasteiger partial charge in [0.25, 0.3) is 11.1 Å². The normalized spacial score (nSPS) is 15.2. The van der Waals surface area contributed by atoms with E-state index in [1.807, 2.05) is 0 Å². The number of nitrogens with zero attached hydrogens (tertiary/aromatic N) is 2. The summed E-state index contributed by atoms with van der Waals surface area (Å²) in [4.78, 5) is 36.4. The number of hydrogen-bond acceptors (Lipinski definition) is 7. The van der Waals surface area contributed by atoms with Gasteiger partial charge in [0.2, 0.25) is 5.75 Å². The molecule has 0 unspecified atom stereocenters. The van der Waals surface area contributed by atoms with Gasteiger partial charge in [-0.3, -0.25) is 24.6 Å². The van der Waals surface area contributed by atoms with Gasteiger partial charge in [0.15, 0.2) is 5.75 Å². The zero-order valence-corrected chi connectivity index (χ0v) is 17.0. The summed E-state index contributed by atoms with van der Waals surface area (Å²) < 4.78 is 18.4. The number of phenolic OH excluding ortho intramolecular Hbond substituents is 1. The molecule has 1 N–H and O–H groups in total. The highest BCUT2D eigenvalue weighted by atomic mass is 35.5. The average Bonchev–Trinajstić information content (AvgIpc) is 2.93. The number of nitro benzene ring substituents is 1. The molecule has 0 bridgehead atoms. The van der Waals surface area contributed by atoms with Crippen LogP contribution in [0.2, 0.25) is 5.02 Å². The fourth-order valence-electron chi connectivity index (χ4n) is 2.71. The Bertz CT molecular complexity index is 1090. The molecule has 0 saturated carbocycles. The SMILES string of the molecule is CCOc1cc(/C=C2/SC(=O)N(Cc3ccc(F)cc3Cl)C2=O)cc([N+](=O)[O-])c1O. The minimum absolute atomic E-state index is 0.0284. The van der Waals surface area contributed by atoms with Crippen LogP contribution in [0.25, 0.3) is 6.08 Å². The molecule has 0 spiro atoms. The second kappa shape index (κ2) is 8.72. The standard InChI is InChI=1S/C19H14ClFN2O6S/c1-2-29-15-6-10(5-14(17(15)24)23(27)28)7-16-18(25)22(19(26)30-16)9-11-3-4-12(21)8-13(11)20/h3-8,24H,2,9H2,1H3/b16-7+. The number of rotatable bonds is 6. The first kappa shape index (κ1) is 21.6. The minimum atomic E-state index is -0.780. The molecule has 1 aliphatic heterocycles. The molecule has 0 radical (unpaired) electrons. The Morgan fingerprint density at radius 1 is 1.33 bits per heavy atom. The molecule has 1 aliphatic rings. The van der Waals surface area contributed by atoms with E-state index in [9.17, 15) is 29.2 Å². The van der Waals surface area contributed by atoms with E-state index in [1.54, 1.807) is 6.92 Å². The third kappa shape index (κ3) is 4.39. The molecule has 3 rings (SSSR count). The molecule has 1 fully saturated rings. The van der Waals surface area contributed by atoms with Crippen LogP contribution >= 0.6 is 23.4 Å². The highest BCUT2D eigenvalue weighted by Crippen LogP contribution is 2.40. The quantitative estimate of drug-likeness (QED) is 0.383. The largest absolute Gasteiger partial charge is 0.500 e. The Labute approximate surface area is 179 Å². The van der Waals surface area contributed by atoms with Gasteiger partial charge in [0.1, 0.15) is 5.82 Å². The number of hydrogen-bond donors (Lipinski definition) is 1. The number of nitro groups is 1. The van der Waals surface area contributed by atoms with Gasteiger partial charge in [-0.15, -0.1) is 0 Å². The summed E-state index contributed by atoms with van der Waals surface area (Å²) in [6.07, 6.45) is 1.30. The van der Waals surface area contributed by atoms with Crippen LogP contribution in [-0.2, 0) is 11.3 Å². The number of thioether (sulfide) groups is 1. The van der Waals surface area contributed by atoms with Gasteiger partial charge in [-0.2, -0.15) is 0 Å². The van der Waals surface area contributed by atoms with Crippen molar-refractivity contribution in [2.75, 3.05) is 6.61 Å². The first-order chi connectivity index (χ1) is 14.2. The summed E-state index contributed by atoms with van der Waals surface area (Å²) in [5.41, 5.74) is -0.00157. The van der Waals surface area contributed by atoms with Crippen molar-refractivity contribution in [2.24, 2.45) is 0 Å². The predicted molar refractivity (Wildman–Crippen MR) is 109 cm³/mol. The predicted octanol–water partition coefficient (Wildman–Crippen LogP) is 4.73. The summed E-state index contributed by atoms with van der Waals surface area (Å²) >= 11 is 6.62. The summed E-state index contributed by atoms with van der Waals surface area (Å²) in [5.74, 6) is -1.91. The van der Waals surface area contributed by atoms with Crippen LogP contribution in [0.4, 0.5) is 14.9 Å². The molecule has 156 valence electrons. The molecule has 11 heteroatoms. The maximum atomic E-state index is 13.2. The van der Waals surface area contributed by atoms with E-state index in [-0.39, 0.29) is 34.4 Å². The van der Waals surface area contributed by atoms with Crippen molar-refractivity contribution in [1.82, 2.24) is 4.90 Å². The number of amides is 2. The van der Waals surface area contributed by atoms with Gasteiger partial charge in [-0.1, -0.05) is 17.7 Å². The second-order valence-electron chi connectivity index (χ2n) is 6.08. The smallest absolute Gasteiger partial charge is 0.315 e. The van der Waals surface area contributed by atoms with E-state index in [4.69, 9.17) is 16.3 Å². The van der Waals surface area contributed by atoms with E-state index >= 15 is 0 Å². The molecule has 1 heterocycles. The third-order valence-corrected chi connectivity index (χ3v) is 5.35. The molecule has 2 aromatic rings. The molecule has 2 aromatic carbocycles. The summed E-state index contributed by atoms with van der Waals surface area (Å²) in [6, 6.07) is 6.03. The monoisotopic (exact) mass is 452 g/mol. The molecular weight excluding hydrogens is 439 g/mol. The number of aromatic hydroxyl groups is 1. The van der Waals surface area contributed by atoms with Gasteiger partial charge >= 0.3 is 5.69 Å². The van der Waals surface area contributed by atoms with Gasteiger partial charge in [-0.05, 0) is 54.1 Å². The van der Waals surface area contributed by atoms with E-state index in [0.717, 1.165) is 17.0 Å². The first-order valence-corrected chi connectivity index (χ1v) is 9.74. The molecule has 30 heavy (non-hydrogen) atoms. The Morgan fingerprint density at radius 3 is 2.70 bits per heavy atom. The lowest BCUT2D eigenvalue weighted by atomic mass is 10.1. The Balaban J connectivity index is 1.92. The Hall–Kier alpha value is -3.11. The van der Waals surface area contributed by atoms with Crippen LogP contribution in [-0.4, -0.2) is 32.7 Å². The first-order valence-electron chi connectivity index (χ1n) is 8.54. The Morgan fingerprint density at radius 2 is 2.07 bits per heavy atom. The van der Waals surface area contributed by atoms with Crippen LogP contribution < -0.4 is 4.74 Å². The zero-order chi connectivity index (χ0) is 22.0. The number of benzene rings is 2. The Kier molecular flexibility index (Phi) is 6.28. The van der Waals surface area contributed by atoms with Crippen molar-refractivity contribution in [3.63, 3.8) is 0 Å². The van der Waals surface area contributed by atoms with E-state index < -0.39 is 33.3 Å². The fraction of sp³-hybridized carbons (Fsp3) is 0.158. The topological polar surface area (TPSA) is 110 Å². The fourth-order valence-corrected chi connectivity index (χ4v) is 3.78. The number of imide groups is 1. The molecule has 2 amide bonds. The van der Waals surface area contributed by atoms with Crippen LogP contribution in [0, 0.1) is 15.9 Å². The van der Waals surface area contributed by atoms with Crippen molar-refractivity contribution in [2.45, 2.75) is 13.5 Å². The third-order valence-electron chi connectivity index (χ3n) is 4.09. The van der Waals surface area contributed by atoms with Crippen LogP contribution in [0.15, 0.2) is 35.2 Å². The molecule has 0 atom stereocenters. The maximum Gasteiger partial charge on any atom is 0.315 e. The minimum Gasteiger partial charge on any atom is -0.500 e. The van der Waals surface area contributed by atoms with Crippen molar-refractivity contribution in [1.29, 1.82) is 0 Å². The van der Waals surface area contributed by atoms with Crippen LogP contribution in [0.5, 0.6) is 11.5 Å². The highest BCUT2D eigenvalue weighted by molar-refractivity contribution is 8.18. The lowest BCUT2D eigenvalue weighted by Gasteiger charge is -2.13. The van der Waals surface area contributed by atoms with E-state index in [0.29, 0.717) is 17.3 Å². The van der Waals surface area contributed by atoms with Crippen molar-refractivity contribution in [3.8, 4) is 11.5 Å². The number of carbonyl (C=O) groups excluding carboxylic acids is 2. The van der Waals surface area contributed by atoms with Gasteiger partial charge in [-0.25, -0.2) is 4.39 Å². The van der Waals surface area contributed by atoms with Crippen LogP contribution in [0.1, 0.15) is 18.1 Å². The van der Waals surface area contributed by atoms with Crippen LogP contribution in [0.3, 0.4) is 0 Å². The number of phenols is 1. The molecular formula is C19H14ClFN2O6S. The molecule has 1 saturated heterocycles. The van der Waals surface area contributed by atoms with E-state index in [1.165, 1.54) is 24.3 Å². The lowest BCUT2D eigenvalue weighted by Crippen LogP contribution is -2.27. The van der Waals surface area contributed by atoms with Crippen molar-refractivity contribution in [3.05, 3.63) is 67.3 Å². The van der Waals surface area contributed by atoms with Crippen molar-refractivity contribution < 1.29 is 28.7 Å². The number of carbonyl (C=O) groups is 2. The molecule has 0 aliphatic carbocycles. The van der Waals surface area contributed by atoms with Gasteiger partial charge < -0.3 is 9.84 Å². The maximum absolute atomic E-state index is 13.2. The molecule has 8 nitrogen and oxygen atoms in total. The number of ether oxygens (including phenoxy) is 1. The lowest BCUT2D eigenvalue weighted by molar-refractivity contribution is -0.386.